The number of rotatable bonds is 9. The maximum Gasteiger partial charge on any atom is 0.248 e. The van der Waals surface area contributed by atoms with Crippen LogP contribution < -0.4 is 15.6 Å². The number of thioether (sulfide) groups is 1. The van der Waals surface area contributed by atoms with Crippen LogP contribution in [0.25, 0.3) is 17.1 Å². The van der Waals surface area contributed by atoms with Gasteiger partial charge in [-0.2, -0.15) is 0 Å². The Hall–Kier alpha value is -3.33. The van der Waals surface area contributed by atoms with Gasteiger partial charge in [-0.15, -0.1) is 10.2 Å². The third kappa shape index (κ3) is 5.18. The molecule has 0 saturated carbocycles. The van der Waals surface area contributed by atoms with Crippen molar-refractivity contribution in [2.24, 2.45) is 0 Å². The fourth-order valence-corrected chi connectivity index (χ4v) is 3.47. The topological polar surface area (TPSA) is 81.1 Å². The predicted molar refractivity (Wildman–Crippen MR) is 115 cm³/mol. The van der Waals surface area contributed by atoms with Gasteiger partial charge in [0.15, 0.2) is 11.0 Å². The fraction of sp³-hybridized carbons (Fsp3) is 0.190. The highest BCUT2D eigenvalue weighted by Crippen LogP contribution is 2.25. The summed E-state index contributed by atoms with van der Waals surface area (Å²) in [6.45, 7) is 6.49. The summed E-state index contributed by atoms with van der Waals surface area (Å²) in [4.78, 5) is 12.2. The molecule has 3 rings (SSSR count). The van der Waals surface area contributed by atoms with Crippen LogP contribution in [-0.4, -0.2) is 33.5 Å². The first-order valence-corrected chi connectivity index (χ1v) is 10.2. The van der Waals surface area contributed by atoms with Crippen molar-refractivity contribution in [2.45, 2.75) is 18.6 Å². The highest BCUT2D eigenvalue weighted by molar-refractivity contribution is 7.99. The van der Waals surface area contributed by atoms with E-state index in [1.165, 1.54) is 23.9 Å². The Morgan fingerprint density at radius 2 is 1.83 bits per heavy atom. The molecule has 30 heavy (non-hydrogen) atoms. The number of hydrogen-bond donors (Lipinski definition) is 2. The summed E-state index contributed by atoms with van der Waals surface area (Å²) in [6.07, 6.45) is 0. The van der Waals surface area contributed by atoms with Crippen molar-refractivity contribution in [3.63, 3.8) is 0 Å². The number of halogens is 1. The van der Waals surface area contributed by atoms with E-state index in [4.69, 9.17) is 4.74 Å². The molecule has 0 bridgehead atoms. The number of benzene rings is 2. The molecule has 0 atom stereocenters. The van der Waals surface area contributed by atoms with Crippen molar-refractivity contribution in [1.29, 1.82) is 0 Å². The third-order valence-electron chi connectivity index (χ3n) is 4.26. The van der Waals surface area contributed by atoms with Gasteiger partial charge in [0.05, 0.1) is 18.6 Å². The Balaban J connectivity index is 1.57. The molecule has 9 heteroatoms. The Morgan fingerprint density at radius 3 is 2.47 bits per heavy atom. The van der Waals surface area contributed by atoms with Gasteiger partial charge in [0.1, 0.15) is 11.6 Å². The van der Waals surface area contributed by atoms with Gasteiger partial charge in [-0.05, 0) is 61.0 Å². The lowest BCUT2D eigenvalue weighted by Crippen LogP contribution is -2.37. The van der Waals surface area contributed by atoms with Gasteiger partial charge in [0.25, 0.3) is 0 Å². The summed E-state index contributed by atoms with van der Waals surface area (Å²) in [5, 5.41) is 9.14. The molecule has 0 aliphatic rings. The molecule has 1 heterocycles. The first-order chi connectivity index (χ1) is 14.5. The molecule has 156 valence electrons. The lowest BCUT2D eigenvalue weighted by molar-refractivity contribution is -0.119. The molecule has 7 nitrogen and oxygen atoms in total. The van der Waals surface area contributed by atoms with E-state index < -0.39 is 0 Å². The van der Waals surface area contributed by atoms with Crippen molar-refractivity contribution >= 4 is 23.4 Å². The summed E-state index contributed by atoms with van der Waals surface area (Å²) < 4.78 is 20.1. The van der Waals surface area contributed by atoms with Crippen LogP contribution in [0.5, 0.6) is 5.75 Å². The molecular weight excluding hydrogens is 405 g/mol. The molecule has 1 amide bonds. The van der Waals surface area contributed by atoms with Crippen LogP contribution in [0.3, 0.4) is 0 Å². The summed E-state index contributed by atoms with van der Waals surface area (Å²) in [7, 11) is 1.62. The molecule has 3 aromatic rings. The minimum Gasteiger partial charge on any atom is -0.497 e. The normalized spacial score (nSPS) is 10.5. The standard InChI is InChI=1S/C21H22FN5O2S/c1-4-27-20(16-7-11-18(29-3)12-8-16)25-26-21(27)30-13-19(28)24-23-14(2)15-5-9-17(22)10-6-15/h5-12,23H,2,4,13H2,1,3H3,(H,24,28). The zero-order chi connectivity index (χ0) is 21.5. The number of carbonyl (C=O) groups is 1. The minimum atomic E-state index is -0.332. The van der Waals surface area contributed by atoms with Crippen molar-refractivity contribution in [3.8, 4) is 17.1 Å². The van der Waals surface area contributed by atoms with Gasteiger partial charge in [-0.1, -0.05) is 18.3 Å². The number of methoxy groups -OCH3 is 1. The lowest BCUT2D eigenvalue weighted by Gasteiger charge is -2.11. The molecule has 0 radical (unpaired) electrons. The van der Waals surface area contributed by atoms with Crippen LogP contribution in [-0.2, 0) is 11.3 Å². The largest absolute Gasteiger partial charge is 0.497 e. The van der Waals surface area contributed by atoms with Crippen LogP contribution in [0.2, 0.25) is 0 Å². The lowest BCUT2D eigenvalue weighted by atomic mass is 10.2. The van der Waals surface area contributed by atoms with E-state index in [1.54, 1.807) is 19.2 Å². The van der Waals surface area contributed by atoms with E-state index in [2.05, 4.69) is 27.6 Å². The number of hydrazine groups is 1. The van der Waals surface area contributed by atoms with Crippen LogP contribution in [0.1, 0.15) is 12.5 Å². The van der Waals surface area contributed by atoms with Crippen LogP contribution in [0.4, 0.5) is 4.39 Å². The molecular formula is C21H22FN5O2S. The monoisotopic (exact) mass is 427 g/mol. The summed E-state index contributed by atoms with van der Waals surface area (Å²) >= 11 is 1.29. The molecule has 2 N–H and O–H groups in total. The Kier molecular flexibility index (Phi) is 7.08. The summed E-state index contributed by atoms with van der Waals surface area (Å²) in [5.41, 5.74) is 7.38. The van der Waals surface area contributed by atoms with E-state index in [1.807, 2.05) is 35.8 Å². The average Bonchev–Trinajstić information content (AvgIpc) is 3.19. The van der Waals surface area contributed by atoms with Crippen molar-refractivity contribution < 1.29 is 13.9 Å². The quantitative estimate of drug-likeness (QED) is 0.402. The Bertz CT molecular complexity index is 1020. The zero-order valence-corrected chi connectivity index (χ0v) is 17.5. The molecule has 0 aliphatic heterocycles. The second-order valence-electron chi connectivity index (χ2n) is 6.23. The number of carbonyl (C=O) groups excluding carboxylic acids is 1. The van der Waals surface area contributed by atoms with Gasteiger partial charge >= 0.3 is 0 Å². The SMILES string of the molecule is C=C(NNC(=O)CSc1nnc(-c2ccc(OC)cc2)n1CC)c1ccc(F)cc1. The fourth-order valence-electron chi connectivity index (χ4n) is 2.67. The van der Waals surface area contributed by atoms with E-state index in [0.29, 0.717) is 23.0 Å². The number of amides is 1. The highest BCUT2D eigenvalue weighted by atomic mass is 32.2. The van der Waals surface area contributed by atoms with E-state index >= 15 is 0 Å². The number of hydrogen-bond acceptors (Lipinski definition) is 6. The van der Waals surface area contributed by atoms with Crippen LogP contribution >= 0.6 is 11.8 Å². The first kappa shape index (κ1) is 21.4. The highest BCUT2D eigenvalue weighted by Gasteiger charge is 2.15. The zero-order valence-electron chi connectivity index (χ0n) is 16.7. The van der Waals surface area contributed by atoms with Gasteiger partial charge in [0.2, 0.25) is 5.91 Å². The second kappa shape index (κ2) is 9.93. The molecule has 0 spiro atoms. The molecule has 0 saturated heterocycles. The average molecular weight is 428 g/mol. The second-order valence-corrected chi connectivity index (χ2v) is 7.17. The van der Waals surface area contributed by atoms with Crippen LogP contribution in [0.15, 0.2) is 60.3 Å². The molecule has 2 aromatic carbocycles. The first-order valence-electron chi connectivity index (χ1n) is 9.22. The minimum absolute atomic E-state index is 0.143. The summed E-state index contributed by atoms with van der Waals surface area (Å²) in [5.74, 6) is 1.05. The Morgan fingerprint density at radius 1 is 1.13 bits per heavy atom. The number of ether oxygens (including phenoxy) is 1. The van der Waals surface area contributed by atoms with Crippen LogP contribution in [0, 0.1) is 5.82 Å². The van der Waals surface area contributed by atoms with Crippen molar-refractivity contribution in [1.82, 2.24) is 25.6 Å². The van der Waals surface area contributed by atoms with Crippen molar-refractivity contribution in [2.75, 3.05) is 12.9 Å². The van der Waals surface area contributed by atoms with Gasteiger partial charge < -0.3 is 9.30 Å². The van der Waals surface area contributed by atoms with Crippen molar-refractivity contribution in [3.05, 3.63) is 66.5 Å². The van der Waals surface area contributed by atoms with Gasteiger partial charge in [-0.3, -0.25) is 15.6 Å². The molecule has 0 fully saturated rings. The number of aromatic nitrogens is 3. The maximum absolute atomic E-state index is 13.0. The molecule has 0 aliphatic carbocycles. The number of nitrogens with one attached hydrogen (secondary N) is 2. The number of nitrogens with zero attached hydrogens (tertiary/aromatic N) is 3. The third-order valence-corrected chi connectivity index (χ3v) is 5.23. The van der Waals surface area contributed by atoms with E-state index in [-0.39, 0.29) is 17.5 Å². The molecule has 1 aromatic heterocycles. The Labute approximate surface area is 178 Å². The van der Waals surface area contributed by atoms with E-state index in [0.717, 1.165) is 17.1 Å². The smallest absolute Gasteiger partial charge is 0.248 e. The molecule has 0 unspecified atom stereocenters. The predicted octanol–water partition coefficient (Wildman–Crippen LogP) is 3.50. The van der Waals surface area contributed by atoms with Gasteiger partial charge in [0, 0.05) is 12.1 Å². The van der Waals surface area contributed by atoms with Gasteiger partial charge in [-0.25, -0.2) is 4.39 Å². The maximum atomic E-state index is 13.0. The van der Waals surface area contributed by atoms with E-state index in [9.17, 15) is 9.18 Å². The summed E-state index contributed by atoms with van der Waals surface area (Å²) in [6, 6.07) is 13.4.